The molecule has 0 amide bonds. The van der Waals surface area contributed by atoms with E-state index in [-0.39, 0.29) is 12.8 Å². The van der Waals surface area contributed by atoms with Gasteiger partial charge in [-0.2, -0.15) is 0 Å². The van der Waals surface area contributed by atoms with E-state index in [1.807, 2.05) is 0 Å². The van der Waals surface area contributed by atoms with Crippen LogP contribution in [-0.2, 0) is 9.47 Å². The van der Waals surface area contributed by atoms with Crippen molar-refractivity contribution in [2.45, 2.75) is 31.7 Å². The molecule has 2 N–H and O–H groups in total. The Morgan fingerprint density at radius 2 is 2.00 bits per heavy atom. The molecule has 0 aliphatic rings. The molecule has 0 saturated heterocycles. The highest BCUT2D eigenvalue weighted by atomic mass is 16.7. The largest absolute Gasteiger partial charge is 0.396 e. The Bertz CT molecular complexity index is 163. The normalized spacial score (nSPS) is 20.2. The molecular weight excluding hydrogens is 161 g/mol. The van der Waals surface area contributed by atoms with Gasteiger partial charge in [0.25, 0.3) is 0 Å². The van der Waals surface area contributed by atoms with Gasteiger partial charge >= 0.3 is 0 Å². The summed E-state index contributed by atoms with van der Waals surface area (Å²) in [6.07, 6.45) is -0.893. The molecule has 0 aliphatic carbocycles. The Morgan fingerprint density at radius 1 is 1.50 bits per heavy atom. The number of hydrogen-bond donors (Lipinski definition) is 2. The van der Waals surface area contributed by atoms with Crippen LogP contribution in [0.15, 0.2) is 0 Å². The smallest absolute Gasteiger partial charge is 0.159 e. The molecule has 1 atom stereocenters. The monoisotopic (exact) mass is 181 g/mol. The number of ether oxygens (including phenoxy) is 2. The first kappa shape index (κ1) is 8.44. The maximum Gasteiger partial charge on any atom is 0.159 e. The lowest BCUT2D eigenvalue weighted by Crippen LogP contribution is -2.32. The van der Waals surface area contributed by atoms with Crippen molar-refractivity contribution in [3.05, 3.63) is 0 Å². The van der Waals surface area contributed by atoms with Gasteiger partial charge in [0.05, 0.1) is 8.34 Å². The van der Waals surface area contributed by atoms with Gasteiger partial charge in [-0.3, -0.25) is 0 Å². The summed E-state index contributed by atoms with van der Waals surface area (Å²) in [4.78, 5) is 0. The third kappa shape index (κ3) is 4.66. The minimum atomic E-state index is -2.39. The van der Waals surface area contributed by atoms with E-state index in [0.29, 0.717) is 0 Å². The summed E-state index contributed by atoms with van der Waals surface area (Å²) in [5.41, 5.74) is -1.37. The fourth-order valence-electron chi connectivity index (χ4n) is 0.864. The number of rotatable bonds is 6. The van der Waals surface area contributed by atoms with Gasteiger partial charge in [0, 0.05) is 27.2 Å². The molecular formula is C8H18O4. The second kappa shape index (κ2) is 5.48. The summed E-state index contributed by atoms with van der Waals surface area (Å²) < 4.78 is 23.6. The van der Waals surface area contributed by atoms with Crippen molar-refractivity contribution in [1.29, 1.82) is 0 Å². The quantitative estimate of drug-likeness (QED) is 0.451. The standard InChI is InChI=1S/C8H18O4/c1-8(10,4-5-9)6-7(11-2)12-3/h7,9-10H,4-6H2,1-3H3/i5+1D2. The van der Waals surface area contributed by atoms with Crippen LogP contribution in [0.5, 0.6) is 0 Å². The second-order valence-corrected chi connectivity index (χ2v) is 2.94. The molecule has 0 rings (SSSR count). The van der Waals surface area contributed by atoms with E-state index in [4.69, 9.17) is 17.3 Å². The van der Waals surface area contributed by atoms with Crippen LogP contribution in [0, 0.1) is 0 Å². The van der Waals surface area contributed by atoms with Crippen LogP contribution in [0.4, 0.5) is 0 Å². The van der Waals surface area contributed by atoms with Crippen LogP contribution in [0.2, 0.25) is 0 Å². The maximum absolute atomic E-state index is 9.72. The second-order valence-electron chi connectivity index (χ2n) is 2.94. The Kier molecular flexibility index (Phi) is 3.85. The molecule has 0 heterocycles. The maximum atomic E-state index is 9.72. The highest BCUT2D eigenvalue weighted by Gasteiger charge is 2.24. The van der Waals surface area contributed by atoms with Crippen LogP contribution in [-0.4, -0.2) is 42.9 Å². The van der Waals surface area contributed by atoms with Gasteiger partial charge in [-0.15, -0.1) is 0 Å². The van der Waals surface area contributed by atoms with Gasteiger partial charge in [0.15, 0.2) is 6.29 Å². The zero-order valence-electron chi connectivity index (χ0n) is 9.70. The van der Waals surface area contributed by atoms with Crippen molar-refractivity contribution in [2.75, 3.05) is 20.8 Å². The predicted molar refractivity (Wildman–Crippen MR) is 44.7 cm³/mol. The first-order valence-corrected chi connectivity index (χ1v) is 3.70. The molecule has 12 heavy (non-hydrogen) atoms. The van der Waals surface area contributed by atoms with Gasteiger partial charge in [0.2, 0.25) is 0 Å². The first-order chi connectivity index (χ1) is 6.20. The van der Waals surface area contributed by atoms with Crippen LogP contribution in [0.3, 0.4) is 0 Å². The van der Waals surface area contributed by atoms with E-state index in [2.05, 4.69) is 0 Å². The molecule has 0 aromatic carbocycles. The van der Waals surface area contributed by atoms with Gasteiger partial charge in [-0.05, 0) is 13.3 Å². The third-order valence-corrected chi connectivity index (χ3v) is 1.59. The Labute approximate surface area is 75.9 Å². The Hall–Kier alpha value is -0.160. The van der Waals surface area contributed by atoms with Crippen LogP contribution < -0.4 is 0 Å². The van der Waals surface area contributed by atoms with Crippen molar-refractivity contribution in [3.8, 4) is 0 Å². The molecule has 74 valence electrons. The molecule has 4 heteroatoms. The van der Waals surface area contributed by atoms with E-state index in [0.717, 1.165) is 0 Å². The van der Waals surface area contributed by atoms with Gasteiger partial charge in [-0.25, -0.2) is 0 Å². The lowest BCUT2D eigenvalue weighted by atomic mass is 10.0. The molecule has 0 fully saturated rings. The van der Waals surface area contributed by atoms with Crippen molar-refractivity contribution >= 4 is 0 Å². The number of methoxy groups -OCH3 is 2. The average Bonchev–Trinajstić information content (AvgIpc) is 1.95. The summed E-state index contributed by atoms with van der Waals surface area (Å²) in [7, 11) is 2.86. The molecule has 0 radical (unpaired) electrons. The van der Waals surface area contributed by atoms with Crippen molar-refractivity contribution in [2.24, 2.45) is 0 Å². The zero-order valence-corrected chi connectivity index (χ0v) is 7.70. The fourth-order valence-corrected chi connectivity index (χ4v) is 0.864. The highest BCUT2D eigenvalue weighted by molar-refractivity contribution is 4.73. The summed E-state index contributed by atoms with van der Waals surface area (Å²) >= 11 is 0. The van der Waals surface area contributed by atoms with Crippen molar-refractivity contribution in [3.63, 3.8) is 0 Å². The number of aliphatic hydroxyl groups is 2. The fraction of sp³-hybridized carbons (Fsp3) is 1.00. The lowest BCUT2D eigenvalue weighted by Gasteiger charge is -2.26. The third-order valence-electron chi connectivity index (χ3n) is 1.59. The summed E-state index contributed by atoms with van der Waals surface area (Å²) in [5.74, 6) is 0. The van der Waals surface area contributed by atoms with Gasteiger partial charge < -0.3 is 19.7 Å². The molecule has 0 aromatic rings. The van der Waals surface area contributed by atoms with Crippen molar-refractivity contribution in [1.82, 2.24) is 0 Å². The van der Waals surface area contributed by atoms with Gasteiger partial charge in [0.1, 0.15) is 0 Å². The summed E-state index contributed by atoms with van der Waals surface area (Å²) in [5, 5.41) is 18.6. The molecule has 4 nitrogen and oxygen atoms in total. The predicted octanol–water partition coefficient (Wildman–Crippen LogP) is 0.129. The Balaban J connectivity index is 4.18. The van der Waals surface area contributed by atoms with E-state index >= 15 is 0 Å². The minimum absolute atomic E-state index is 0.0973. The topological polar surface area (TPSA) is 58.9 Å². The van der Waals surface area contributed by atoms with Crippen LogP contribution in [0.25, 0.3) is 0 Å². The Morgan fingerprint density at radius 3 is 2.33 bits per heavy atom. The van der Waals surface area contributed by atoms with E-state index in [9.17, 15) is 5.11 Å². The zero-order chi connectivity index (χ0) is 11.4. The van der Waals surface area contributed by atoms with E-state index in [1.165, 1.54) is 21.1 Å². The molecule has 0 aliphatic heterocycles. The molecule has 1 unspecified atom stereocenters. The molecule has 0 bridgehead atoms. The van der Waals surface area contributed by atoms with Crippen molar-refractivity contribution < 1.29 is 22.4 Å². The molecule has 0 aromatic heterocycles. The average molecular weight is 181 g/mol. The lowest BCUT2D eigenvalue weighted by molar-refractivity contribution is -0.142. The van der Waals surface area contributed by atoms with E-state index in [1.54, 1.807) is 0 Å². The summed E-state index contributed by atoms with van der Waals surface area (Å²) in [6.45, 7) is -0.971. The highest BCUT2D eigenvalue weighted by Crippen LogP contribution is 2.17. The van der Waals surface area contributed by atoms with Crippen LogP contribution >= 0.6 is 0 Å². The summed E-state index contributed by atoms with van der Waals surface area (Å²) in [6, 6.07) is 0. The molecule has 0 saturated carbocycles. The van der Waals surface area contributed by atoms with E-state index < -0.39 is 18.5 Å². The minimum Gasteiger partial charge on any atom is -0.396 e. The molecule has 0 spiro atoms. The van der Waals surface area contributed by atoms with Gasteiger partial charge in [-0.1, -0.05) is 0 Å². The van der Waals surface area contributed by atoms with Crippen LogP contribution in [0.1, 0.15) is 22.5 Å². The first-order valence-electron chi connectivity index (χ1n) is 4.70. The SMILES string of the molecule is [2H][13C]([2H])(O)CC(C)(O)CC(OC)OC. The number of hydrogen-bond acceptors (Lipinski definition) is 4.